The third-order valence-corrected chi connectivity index (χ3v) is 5.72. The second-order valence-electron chi connectivity index (χ2n) is 6.97. The summed E-state index contributed by atoms with van der Waals surface area (Å²) in [5, 5.41) is 16.5. The van der Waals surface area contributed by atoms with E-state index in [2.05, 4.69) is 0 Å². The lowest BCUT2D eigenvalue weighted by Gasteiger charge is -2.37. The highest BCUT2D eigenvalue weighted by atomic mass is 32.2. The van der Waals surface area contributed by atoms with Crippen LogP contribution in [0.3, 0.4) is 0 Å². The Labute approximate surface area is 168 Å². The predicted octanol–water partition coefficient (Wildman–Crippen LogP) is 2.15. The normalized spacial score (nSPS) is 19.8. The molecule has 154 valence electrons. The van der Waals surface area contributed by atoms with Crippen molar-refractivity contribution in [2.75, 3.05) is 13.1 Å². The van der Waals surface area contributed by atoms with Gasteiger partial charge in [-0.05, 0) is 25.5 Å². The van der Waals surface area contributed by atoms with Crippen LogP contribution < -0.4 is 5.14 Å². The van der Waals surface area contributed by atoms with E-state index in [9.17, 15) is 23.3 Å². The standard InChI is InChI=1S/C19H21N3O6S/c1-12-10-21(11-18(28-12)14-6-4-3-5-7-14)19(23)16-8-15(29(20,26)27)9-17(13(16)2)22(24)25/h3-9,12,18H,10-11H2,1-2H3,(H2,20,26,27)/t12-,18+/m1/s1. The maximum absolute atomic E-state index is 13.2. The van der Waals surface area contributed by atoms with Crippen LogP contribution in [0.25, 0.3) is 0 Å². The Bertz CT molecular complexity index is 1060. The summed E-state index contributed by atoms with van der Waals surface area (Å²) in [4.78, 5) is 24.9. The number of hydrogen-bond acceptors (Lipinski definition) is 6. The lowest BCUT2D eigenvalue weighted by Crippen LogP contribution is -2.46. The van der Waals surface area contributed by atoms with E-state index in [1.54, 1.807) is 0 Å². The van der Waals surface area contributed by atoms with Gasteiger partial charge in [0.25, 0.3) is 11.6 Å². The Balaban J connectivity index is 2.01. The zero-order valence-electron chi connectivity index (χ0n) is 15.9. The highest BCUT2D eigenvalue weighted by Gasteiger charge is 2.32. The van der Waals surface area contributed by atoms with E-state index in [-0.39, 0.29) is 36.4 Å². The molecular weight excluding hydrogens is 398 g/mol. The van der Waals surface area contributed by atoms with Crippen molar-refractivity contribution in [3.63, 3.8) is 0 Å². The van der Waals surface area contributed by atoms with Crippen molar-refractivity contribution in [2.24, 2.45) is 5.14 Å². The van der Waals surface area contributed by atoms with E-state index in [0.717, 1.165) is 17.7 Å². The average Bonchev–Trinajstić information content (AvgIpc) is 2.66. The summed E-state index contributed by atoms with van der Waals surface area (Å²) < 4.78 is 29.5. The predicted molar refractivity (Wildman–Crippen MR) is 105 cm³/mol. The van der Waals surface area contributed by atoms with Crippen molar-refractivity contribution in [3.8, 4) is 0 Å². The first kappa shape index (κ1) is 20.9. The Kier molecular flexibility index (Phi) is 5.69. The van der Waals surface area contributed by atoms with E-state index in [1.807, 2.05) is 37.3 Å². The number of carbonyl (C=O) groups excluding carboxylic acids is 1. The highest BCUT2D eigenvalue weighted by molar-refractivity contribution is 7.89. The number of ether oxygens (including phenoxy) is 1. The lowest BCUT2D eigenvalue weighted by molar-refractivity contribution is -0.385. The summed E-state index contributed by atoms with van der Waals surface area (Å²) >= 11 is 0. The van der Waals surface area contributed by atoms with E-state index >= 15 is 0 Å². The number of rotatable bonds is 4. The van der Waals surface area contributed by atoms with Crippen molar-refractivity contribution in [3.05, 3.63) is 69.3 Å². The third kappa shape index (κ3) is 4.44. The summed E-state index contributed by atoms with van der Waals surface area (Å²) in [7, 11) is -4.23. The molecule has 1 aliphatic rings. The quantitative estimate of drug-likeness (QED) is 0.596. The van der Waals surface area contributed by atoms with Crippen LogP contribution in [0.5, 0.6) is 0 Å². The van der Waals surface area contributed by atoms with Crippen molar-refractivity contribution in [2.45, 2.75) is 31.0 Å². The van der Waals surface area contributed by atoms with Gasteiger partial charge in [0, 0.05) is 18.2 Å². The van der Waals surface area contributed by atoms with Crippen LogP contribution in [0.1, 0.15) is 34.5 Å². The largest absolute Gasteiger partial charge is 0.367 e. The molecule has 9 nitrogen and oxygen atoms in total. The number of hydrogen-bond donors (Lipinski definition) is 1. The first-order chi connectivity index (χ1) is 13.6. The van der Waals surface area contributed by atoms with Gasteiger partial charge >= 0.3 is 0 Å². The summed E-state index contributed by atoms with van der Waals surface area (Å²) in [6, 6.07) is 11.4. The van der Waals surface area contributed by atoms with Crippen molar-refractivity contribution in [1.82, 2.24) is 4.90 Å². The summed E-state index contributed by atoms with van der Waals surface area (Å²) in [5.41, 5.74) is 0.450. The molecule has 1 amide bonds. The van der Waals surface area contributed by atoms with Gasteiger partial charge in [-0.25, -0.2) is 13.6 Å². The SMILES string of the molecule is Cc1c(C(=O)N2C[C@@H](C)O[C@H](c3ccccc3)C2)cc(S(N)(=O)=O)cc1[N+](=O)[O-]. The molecule has 0 aromatic heterocycles. The van der Waals surface area contributed by atoms with Gasteiger partial charge in [-0.3, -0.25) is 14.9 Å². The Morgan fingerprint density at radius 3 is 2.48 bits per heavy atom. The Hall–Kier alpha value is -2.82. The van der Waals surface area contributed by atoms with Crippen LogP contribution in [0.2, 0.25) is 0 Å². The number of nitrogens with zero attached hydrogens (tertiary/aromatic N) is 2. The van der Waals surface area contributed by atoms with Crippen LogP contribution in [0, 0.1) is 17.0 Å². The lowest BCUT2D eigenvalue weighted by atomic mass is 10.0. The molecule has 0 unspecified atom stereocenters. The maximum Gasteiger partial charge on any atom is 0.274 e. The minimum atomic E-state index is -4.23. The van der Waals surface area contributed by atoms with Gasteiger partial charge in [0.2, 0.25) is 10.0 Å². The van der Waals surface area contributed by atoms with Crippen molar-refractivity contribution < 1.29 is 22.9 Å². The molecule has 2 aromatic rings. The monoisotopic (exact) mass is 419 g/mol. The summed E-state index contributed by atoms with van der Waals surface area (Å²) in [5.74, 6) is -0.507. The zero-order chi connectivity index (χ0) is 21.3. The average molecular weight is 419 g/mol. The molecule has 0 aliphatic carbocycles. The molecule has 0 spiro atoms. The van der Waals surface area contributed by atoms with E-state index in [1.165, 1.54) is 11.8 Å². The molecule has 2 N–H and O–H groups in total. The number of amides is 1. The number of carbonyl (C=O) groups is 1. The van der Waals surface area contributed by atoms with Crippen LogP contribution in [0.15, 0.2) is 47.4 Å². The molecule has 10 heteroatoms. The molecular formula is C19H21N3O6S. The highest BCUT2D eigenvalue weighted by Crippen LogP contribution is 2.30. The second-order valence-corrected chi connectivity index (χ2v) is 8.53. The fraction of sp³-hybridized carbons (Fsp3) is 0.316. The van der Waals surface area contributed by atoms with E-state index in [4.69, 9.17) is 9.88 Å². The third-order valence-electron chi connectivity index (χ3n) is 4.83. The van der Waals surface area contributed by atoms with Crippen molar-refractivity contribution in [1.29, 1.82) is 0 Å². The van der Waals surface area contributed by atoms with Crippen LogP contribution in [-0.2, 0) is 14.8 Å². The first-order valence-corrected chi connectivity index (χ1v) is 10.4. The van der Waals surface area contributed by atoms with Gasteiger partial charge in [0.1, 0.15) is 6.10 Å². The summed E-state index contributed by atoms with van der Waals surface area (Å²) in [6.45, 7) is 3.75. The number of nitro groups is 1. The topological polar surface area (TPSA) is 133 Å². The van der Waals surface area contributed by atoms with Gasteiger partial charge in [-0.15, -0.1) is 0 Å². The summed E-state index contributed by atoms with van der Waals surface area (Å²) in [6.07, 6.45) is -0.629. The van der Waals surface area contributed by atoms with E-state index in [0.29, 0.717) is 0 Å². The molecule has 2 atom stereocenters. The minimum Gasteiger partial charge on any atom is -0.367 e. The Morgan fingerprint density at radius 2 is 1.90 bits per heavy atom. The maximum atomic E-state index is 13.2. The zero-order valence-corrected chi connectivity index (χ0v) is 16.8. The smallest absolute Gasteiger partial charge is 0.274 e. The fourth-order valence-electron chi connectivity index (χ4n) is 3.39. The molecule has 1 saturated heterocycles. The van der Waals surface area contributed by atoms with Crippen LogP contribution >= 0.6 is 0 Å². The van der Waals surface area contributed by atoms with Gasteiger partial charge in [-0.2, -0.15) is 0 Å². The first-order valence-electron chi connectivity index (χ1n) is 8.89. The van der Waals surface area contributed by atoms with Crippen LogP contribution in [0.4, 0.5) is 5.69 Å². The molecule has 1 fully saturated rings. The molecule has 0 saturated carbocycles. The number of nitro benzene ring substituents is 1. The van der Waals surface area contributed by atoms with Gasteiger partial charge in [0.15, 0.2) is 0 Å². The van der Waals surface area contributed by atoms with E-state index < -0.39 is 31.4 Å². The number of primary sulfonamides is 1. The van der Waals surface area contributed by atoms with Gasteiger partial charge in [0.05, 0.1) is 28.0 Å². The van der Waals surface area contributed by atoms with Gasteiger partial charge in [-0.1, -0.05) is 30.3 Å². The number of benzene rings is 2. The second kappa shape index (κ2) is 7.90. The molecule has 3 rings (SSSR count). The fourth-order valence-corrected chi connectivity index (χ4v) is 3.95. The van der Waals surface area contributed by atoms with Crippen molar-refractivity contribution >= 4 is 21.6 Å². The minimum absolute atomic E-state index is 0.0656. The molecule has 1 aliphatic heterocycles. The molecule has 1 heterocycles. The number of morpholine rings is 1. The molecule has 29 heavy (non-hydrogen) atoms. The number of sulfonamides is 1. The molecule has 0 radical (unpaired) electrons. The van der Waals surface area contributed by atoms with Gasteiger partial charge < -0.3 is 9.64 Å². The molecule has 0 bridgehead atoms. The molecule has 2 aromatic carbocycles. The number of nitrogens with two attached hydrogens (primary N) is 1. The Morgan fingerprint density at radius 1 is 1.24 bits per heavy atom. The van der Waals surface area contributed by atoms with Crippen LogP contribution in [-0.4, -0.2) is 43.3 Å².